The van der Waals surface area contributed by atoms with Gasteiger partial charge in [-0.25, -0.2) is 0 Å². The number of aliphatic hydroxyl groups excluding tert-OH is 1. The fourth-order valence-corrected chi connectivity index (χ4v) is 2.48. The maximum atomic E-state index is 12.8. The van der Waals surface area contributed by atoms with Crippen LogP contribution in [0, 0.1) is 0 Å². The van der Waals surface area contributed by atoms with Crippen LogP contribution in [0.25, 0.3) is 10.9 Å². The van der Waals surface area contributed by atoms with Gasteiger partial charge in [-0.2, -0.15) is 13.2 Å². The topological polar surface area (TPSA) is 25.2 Å². The Labute approximate surface area is 95.3 Å². The minimum Gasteiger partial charge on any atom is -0.387 e. The minimum atomic E-state index is -4.35. The van der Waals surface area contributed by atoms with Gasteiger partial charge in [-0.1, -0.05) is 6.07 Å². The largest absolute Gasteiger partial charge is 0.417 e. The van der Waals surface area contributed by atoms with Crippen LogP contribution in [0.4, 0.5) is 13.2 Å². The first kappa shape index (κ1) is 10.7. The molecule has 0 amide bonds. The summed E-state index contributed by atoms with van der Waals surface area (Å²) in [5, 5.41) is 9.85. The highest BCUT2D eigenvalue weighted by molar-refractivity contribution is 5.85. The molecule has 0 spiro atoms. The predicted molar refractivity (Wildman–Crippen MR) is 56.5 cm³/mol. The molecule has 1 N–H and O–H groups in total. The summed E-state index contributed by atoms with van der Waals surface area (Å²) in [6.07, 6.45) is -4.43. The number of fused-ring (bicyclic) bond motifs is 3. The van der Waals surface area contributed by atoms with Gasteiger partial charge in [0.1, 0.15) is 0 Å². The number of aliphatic hydroxyl groups is 1. The van der Waals surface area contributed by atoms with Gasteiger partial charge in [0.25, 0.3) is 0 Å². The van der Waals surface area contributed by atoms with Crippen LogP contribution >= 0.6 is 0 Å². The Morgan fingerprint density at radius 3 is 2.76 bits per heavy atom. The maximum absolute atomic E-state index is 12.8. The van der Waals surface area contributed by atoms with E-state index in [2.05, 4.69) is 0 Å². The number of rotatable bonds is 0. The van der Waals surface area contributed by atoms with Gasteiger partial charge in [0.05, 0.1) is 11.7 Å². The van der Waals surface area contributed by atoms with Crippen molar-refractivity contribution >= 4 is 10.9 Å². The van der Waals surface area contributed by atoms with Crippen LogP contribution in [0.1, 0.15) is 23.8 Å². The molecule has 2 nitrogen and oxygen atoms in total. The Hall–Kier alpha value is -1.49. The number of nitrogens with zero attached hydrogens (tertiary/aromatic N) is 1. The average Bonchev–Trinajstić information content (AvgIpc) is 2.77. The van der Waals surface area contributed by atoms with E-state index >= 15 is 0 Å². The first-order valence-corrected chi connectivity index (χ1v) is 5.36. The molecule has 1 aromatic heterocycles. The third-order valence-electron chi connectivity index (χ3n) is 3.25. The summed E-state index contributed by atoms with van der Waals surface area (Å²) < 4.78 is 40.2. The van der Waals surface area contributed by atoms with Crippen molar-refractivity contribution in [1.82, 2.24) is 4.57 Å². The van der Waals surface area contributed by atoms with Gasteiger partial charge in [0.2, 0.25) is 0 Å². The maximum Gasteiger partial charge on any atom is 0.417 e. The minimum absolute atomic E-state index is 0.175. The standard InChI is InChI=1S/C12H10F3NO/c13-12(14,15)8-2-1-3-9-7(8)6-10-11(17)4-5-16(9)10/h1-3,6,11,17H,4-5H2. The van der Waals surface area contributed by atoms with E-state index in [4.69, 9.17) is 0 Å². The van der Waals surface area contributed by atoms with E-state index in [0.29, 0.717) is 24.2 Å². The zero-order chi connectivity index (χ0) is 12.2. The van der Waals surface area contributed by atoms with E-state index in [9.17, 15) is 18.3 Å². The fraction of sp³-hybridized carbons (Fsp3) is 0.333. The summed E-state index contributed by atoms with van der Waals surface area (Å²) >= 11 is 0. The Balaban J connectivity index is 2.32. The quantitative estimate of drug-likeness (QED) is 0.753. The number of halogens is 3. The van der Waals surface area contributed by atoms with Crippen molar-refractivity contribution in [1.29, 1.82) is 0 Å². The third-order valence-corrected chi connectivity index (χ3v) is 3.25. The summed E-state index contributed by atoms with van der Waals surface area (Å²) in [5.74, 6) is 0. The van der Waals surface area contributed by atoms with Gasteiger partial charge in [-0.3, -0.25) is 0 Å². The number of hydrogen-bond acceptors (Lipinski definition) is 1. The molecule has 1 aliphatic heterocycles. The molecule has 0 saturated heterocycles. The molecule has 5 heteroatoms. The SMILES string of the molecule is OC1CCn2c1cc1c(C(F)(F)F)cccc12. The van der Waals surface area contributed by atoms with Crippen LogP contribution in [0.15, 0.2) is 24.3 Å². The van der Waals surface area contributed by atoms with Crippen molar-refractivity contribution < 1.29 is 18.3 Å². The average molecular weight is 241 g/mol. The van der Waals surface area contributed by atoms with Crippen molar-refractivity contribution in [2.24, 2.45) is 0 Å². The lowest BCUT2D eigenvalue weighted by Gasteiger charge is -2.08. The van der Waals surface area contributed by atoms with Crippen molar-refractivity contribution in [3.63, 3.8) is 0 Å². The molecule has 1 unspecified atom stereocenters. The summed E-state index contributed by atoms with van der Waals surface area (Å²) in [7, 11) is 0. The normalized spacial score (nSPS) is 19.9. The lowest BCUT2D eigenvalue weighted by molar-refractivity contribution is -0.136. The second-order valence-corrected chi connectivity index (χ2v) is 4.26. The van der Waals surface area contributed by atoms with Gasteiger partial charge in [-0.05, 0) is 24.6 Å². The van der Waals surface area contributed by atoms with E-state index in [0.717, 1.165) is 6.07 Å². The Morgan fingerprint density at radius 2 is 2.06 bits per heavy atom. The molecule has 1 aliphatic rings. The first-order chi connectivity index (χ1) is 7.98. The van der Waals surface area contributed by atoms with Gasteiger partial charge in [-0.15, -0.1) is 0 Å². The molecule has 2 heterocycles. The van der Waals surface area contributed by atoms with Crippen LogP contribution in [0.2, 0.25) is 0 Å². The van der Waals surface area contributed by atoms with E-state index in [1.807, 2.05) is 0 Å². The van der Waals surface area contributed by atoms with Crippen molar-refractivity contribution in [3.8, 4) is 0 Å². The van der Waals surface area contributed by atoms with Gasteiger partial charge in [0.15, 0.2) is 0 Å². The molecule has 2 aromatic rings. The molecule has 0 bridgehead atoms. The summed E-state index contributed by atoms with van der Waals surface area (Å²) in [4.78, 5) is 0. The van der Waals surface area contributed by atoms with Gasteiger partial charge < -0.3 is 9.67 Å². The second kappa shape index (κ2) is 3.26. The zero-order valence-corrected chi connectivity index (χ0v) is 8.83. The van der Waals surface area contributed by atoms with Crippen LogP contribution in [0.5, 0.6) is 0 Å². The van der Waals surface area contributed by atoms with Gasteiger partial charge in [0, 0.05) is 23.1 Å². The van der Waals surface area contributed by atoms with E-state index in [1.165, 1.54) is 12.1 Å². The van der Waals surface area contributed by atoms with Crippen LogP contribution < -0.4 is 0 Å². The van der Waals surface area contributed by atoms with E-state index in [1.54, 1.807) is 10.6 Å². The molecule has 0 fully saturated rings. The Morgan fingerprint density at radius 1 is 1.29 bits per heavy atom. The molecule has 1 atom stereocenters. The van der Waals surface area contributed by atoms with Crippen LogP contribution in [-0.4, -0.2) is 9.67 Å². The summed E-state index contributed by atoms with van der Waals surface area (Å²) in [6, 6.07) is 5.59. The number of aromatic nitrogens is 1. The smallest absolute Gasteiger partial charge is 0.387 e. The number of benzene rings is 1. The molecular weight excluding hydrogens is 231 g/mol. The van der Waals surface area contributed by atoms with E-state index in [-0.39, 0.29) is 5.39 Å². The summed E-state index contributed by atoms with van der Waals surface area (Å²) in [6.45, 7) is 0.571. The monoisotopic (exact) mass is 241 g/mol. The highest BCUT2D eigenvalue weighted by atomic mass is 19.4. The number of alkyl halides is 3. The first-order valence-electron chi connectivity index (χ1n) is 5.36. The second-order valence-electron chi connectivity index (χ2n) is 4.26. The number of hydrogen-bond donors (Lipinski definition) is 1. The van der Waals surface area contributed by atoms with Crippen molar-refractivity contribution in [2.75, 3.05) is 0 Å². The predicted octanol–water partition coefficient (Wildman–Crippen LogP) is 3.10. The molecule has 90 valence electrons. The third kappa shape index (κ3) is 1.45. The van der Waals surface area contributed by atoms with Gasteiger partial charge >= 0.3 is 6.18 Å². The molecule has 3 rings (SSSR count). The lowest BCUT2D eigenvalue weighted by Crippen LogP contribution is -2.05. The molecule has 0 aliphatic carbocycles. The lowest BCUT2D eigenvalue weighted by atomic mass is 10.1. The van der Waals surface area contributed by atoms with E-state index < -0.39 is 17.8 Å². The van der Waals surface area contributed by atoms with Crippen molar-refractivity contribution in [2.45, 2.75) is 25.2 Å². The Kier molecular flexibility index (Phi) is 2.04. The molecule has 1 aromatic carbocycles. The Bertz CT molecular complexity index is 585. The van der Waals surface area contributed by atoms with Crippen LogP contribution in [-0.2, 0) is 12.7 Å². The molecular formula is C12H10F3NO. The number of aryl methyl sites for hydroxylation is 1. The highest BCUT2D eigenvalue weighted by Gasteiger charge is 2.34. The fourth-order valence-electron chi connectivity index (χ4n) is 2.48. The van der Waals surface area contributed by atoms with Crippen LogP contribution in [0.3, 0.4) is 0 Å². The molecule has 0 radical (unpaired) electrons. The molecule has 0 saturated carbocycles. The van der Waals surface area contributed by atoms with Crippen molar-refractivity contribution in [3.05, 3.63) is 35.5 Å². The molecule has 17 heavy (non-hydrogen) atoms. The zero-order valence-electron chi connectivity index (χ0n) is 8.83. The highest BCUT2D eigenvalue weighted by Crippen LogP contribution is 2.39. The summed E-state index contributed by atoms with van der Waals surface area (Å²) in [5.41, 5.74) is 0.493.